The van der Waals surface area contributed by atoms with E-state index in [1.165, 1.54) is 11.8 Å². The van der Waals surface area contributed by atoms with E-state index in [9.17, 15) is 9.59 Å². The van der Waals surface area contributed by atoms with Crippen LogP contribution < -0.4 is 10.2 Å². The molecule has 12 heteroatoms. The lowest BCUT2D eigenvalue weighted by Gasteiger charge is -2.40. The number of piperazine rings is 1. The van der Waals surface area contributed by atoms with E-state index in [-0.39, 0.29) is 23.6 Å². The molecule has 1 atom stereocenters. The van der Waals surface area contributed by atoms with Gasteiger partial charge in [-0.15, -0.1) is 0 Å². The van der Waals surface area contributed by atoms with Crippen LogP contribution in [0.15, 0.2) is 35.5 Å². The van der Waals surface area contributed by atoms with E-state index in [0.29, 0.717) is 52.9 Å². The number of ether oxygens (including phenoxy) is 1. The average Bonchev–Trinajstić information content (AvgIpc) is 2.88. The van der Waals surface area contributed by atoms with Crippen LogP contribution in [0.3, 0.4) is 0 Å². The predicted molar refractivity (Wildman–Crippen MR) is 142 cm³/mol. The molecule has 0 radical (unpaired) electrons. The number of thioether (sulfide) groups is 1. The van der Waals surface area contributed by atoms with Crippen LogP contribution in [0.25, 0.3) is 0 Å². The molecular formula is C24H30Cl2N6O3S. The van der Waals surface area contributed by atoms with Gasteiger partial charge in [-0.1, -0.05) is 47.1 Å². The molecule has 2 saturated heterocycles. The van der Waals surface area contributed by atoms with Crippen molar-refractivity contribution in [2.75, 3.05) is 69.7 Å². The van der Waals surface area contributed by atoms with Gasteiger partial charge in [-0.25, -0.2) is 9.97 Å². The zero-order chi connectivity index (χ0) is 25.5. The quantitative estimate of drug-likeness (QED) is 0.303. The zero-order valence-electron chi connectivity index (χ0n) is 20.2. The fourth-order valence-corrected chi connectivity index (χ4v) is 5.36. The summed E-state index contributed by atoms with van der Waals surface area (Å²) >= 11 is 13.8. The Balaban J connectivity index is 1.29. The van der Waals surface area contributed by atoms with E-state index in [1.54, 1.807) is 18.2 Å². The van der Waals surface area contributed by atoms with Crippen LogP contribution in [0.2, 0.25) is 10.2 Å². The number of amides is 2. The maximum absolute atomic E-state index is 13.0. The molecule has 0 spiro atoms. The number of anilines is 1. The highest BCUT2D eigenvalue weighted by molar-refractivity contribution is 7.99. The molecule has 2 fully saturated rings. The van der Waals surface area contributed by atoms with E-state index in [2.05, 4.69) is 25.1 Å². The van der Waals surface area contributed by atoms with Crippen molar-refractivity contribution in [3.05, 3.63) is 46.1 Å². The topological polar surface area (TPSA) is 90.9 Å². The maximum atomic E-state index is 13.0. The zero-order valence-corrected chi connectivity index (χ0v) is 22.5. The summed E-state index contributed by atoms with van der Waals surface area (Å²) in [6, 6.07) is 8.76. The molecule has 0 aliphatic carbocycles. The molecule has 36 heavy (non-hydrogen) atoms. The standard InChI is InChI=1S/C24H30Cl2N6O3S/c1-17-15-31(8-9-32(17)23(34)18-4-2-3-5-19(18)25)21-14-20(26)28-24(29-21)36-16-22(33)27-6-7-30-10-12-35-13-11-30/h2-5,14,17H,6-13,15-16H2,1H3,(H,27,33). The van der Waals surface area contributed by atoms with E-state index in [0.717, 1.165) is 32.8 Å². The van der Waals surface area contributed by atoms with E-state index >= 15 is 0 Å². The van der Waals surface area contributed by atoms with Crippen molar-refractivity contribution in [3.8, 4) is 0 Å². The summed E-state index contributed by atoms with van der Waals surface area (Å²) in [4.78, 5) is 40.4. The molecule has 9 nitrogen and oxygen atoms in total. The molecule has 1 aromatic carbocycles. The first-order chi connectivity index (χ1) is 17.4. The van der Waals surface area contributed by atoms with Gasteiger partial charge in [-0.05, 0) is 19.1 Å². The summed E-state index contributed by atoms with van der Waals surface area (Å²) in [7, 11) is 0. The van der Waals surface area contributed by atoms with Gasteiger partial charge in [-0.2, -0.15) is 0 Å². The second-order valence-corrected chi connectivity index (χ2v) is 10.4. The van der Waals surface area contributed by atoms with Crippen LogP contribution >= 0.6 is 35.0 Å². The minimum Gasteiger partial charge on any atom is -0.379 e. The summed E-state index contributed by atoms with van der Waals surface area (Å²) in [6.07, 6.45) is 0. The third-order valence-corrected chi connectivity index (χ3v) is 7.53. The Morgan fingerprint density at radius 1 is 1.14 bits per heavy atom. The fraction of sp³-hybridized carbons (Fsp3) is 0.500. The molecule has 4 rings (SSSR count). The Morgan fingerprint density at radius 3 is 2.67 bits per heavy atom. The Hall–Kier alpha value is -2.11. The highest BCUT2D eigenvalue weighted by Crippen LogP contribution is 2.25. The van der Waals surface area contributed by atoms with Crippen LogP contribution in [0.5, 0.6) is 0 Å². The lowest BCUT2D eigenvalue weighted by Crippen LogP contribution is -2.54. The molecule has 3 heterocycles. The maximum Gasteiger partial charge on any atom is 0.255 e. The lowest BCUT2D eigenvalue weighted by atomic mass is 10.1. The fourth-order valence-electron chi connectivity index (χ4n) is 4.23. The number of nitrogens with zero attached hydrogens (tertiary/aromatic N) is 5. The number of carbonyl (C=O) groups is 2. The third kappa shape index (κ3) is 7.23. The van der Waals surface area contributed by atoms with Crippen molar-refractivity contribution in [2.45, 2.75) is 18.1 Å². The number of halogens is 2. The molecule has 2 aromatic rings. The first-order valence-corrected chi connectivity index (χ1v) is 13.7. The normalized spacial score (nSPS) is 18.8. The van der Waals surface area contributed by atoms with Crippen LogP contribution in [-0.4, -0.2) is 102 Å². The summed E-state index contributed by atoms with van der Waals surface area (Å²) < 4.78 is 5.34. The number of benzene rings is 1. The Labute approximate surface area is 225 Å². The van der Waals surface area contributed by atoms with Gasteiger partial charge in [0.25, 0.3) is 5.91 Å². The van der Waals surface area contributed by atoms with Crippen molar-refractivity contribution >= 4 is 52.6 Å². The van der Waals surface area contributed by atoms with Crippen molar-refractivity contribution < 1.29 is 14.3 Å². The number of aromatic nitrogens is 2. The Kier molecular flexibility index (Phi) is 9.66. The van der Waals surface area contributed by atoms with Gasteiger partial charge in [0, 0.05) is 57.9 Å². The summed E-state index contributed by atoms with van der Waals surface area (Å²) in [5, 5.41) is 4.16. The van der Waals surface area contributed by atoms with Gasteiger partial charge < -0.3 is 19.9 Å². The Morgan fingerprint density at radius 2 is 1.92 bits per heavy atom. The smallest absolute Gasteiger partial charge is 0.255 e. The van der Waals surface area contributed by atoms with Crippen molar-refractivity contribution in [1.82, 2.24) is 25.1 Å². The van der Waals surface area contributed by atoms with E-state index < -0.39 is 0 Å². The number of nitrogens with one attached hydrogen (secondary N) is 1. The molecule has 2 aliphatic heterocycles. The molecule has 2 aliphatic rings. The van der Waals surface area contributed by atoms with Gasteiger partial charge in [0.2, 0.25) is 5.91 Å². The largest absolute Gasteiger partial charge is 0.379 e. The molecule has 1 N–H and O–H groups in total. The van der Waals surface area contributed by atoms with Crippen LogP contribution in [0, 0.1) is 0 Å². The van der Waals surface area contributed by atoms with Gasteiger partial charge in [0.1, 0.15) is 11.0 Å². The molecular weight excluding hydrogens is 523 g/mol. The number of hydrogen-bond donors (Lipinski definition) is 1. The average molecular weight is 554 g/mol. The monoisotopic (exact) mass is 552 g/mol. The minimum atomic E-state index is -0.0793. The first kappa shape index (κ1) is 26.9. The van der Waals surface area contributed by atoms with Gasteiger partial charge >= 0.3 is 0 Å². The first-order valence-electron chi connectivity index (χ1n) is 12.0. The van der Waals surface area contributed by atoms with Gasteiger partial charge in [0.15, 0.2) is 5.16 Å². The Bertz CT molecular complexity index is 1070. The lowest BCUT2D eigenvalue weighted by molar-refractivity contribution is -0.118. The third-order valence-electron chi connectivity index (χ3n) is 6.16. The number of carbonyl (C=O) groups excluding carboxylic acids is 2. The molecule has 0 saturated carbocycles. The summed E-state index contributed by atoms with van der Waals surface area (Å²) in [5.41, 5.74) is 0.506. The summed E-state index contributed by atoms with van der Waals surface area (Å²) in [6.45, 7) is 8.39. The molecule has 1 unspecified atom stereocenters. The summed E-state index contributed by atoms with van der Waals surface area (Å²) in [5.74, 6) is 0.740. The predicted octanol–water partition coefficient (Wildman–Crippen LogP) is 2.67. The second-order valence-electron chi connectivity index (χ2n) is 8.70. The SMILES string of the molecule is CC1CN(c2cc(Cl)nc(SCC(=O)NCCN3CCOCC3)n2)CCN1C(=O)c1ccccc1Cl. The number of hydrogen-bond acceptors (Lipinski definition) is 8. The molecule has 0 bridgehead atoms. The number of morpholine rings is 1. The number of rotatable bonds is 8. The van der Waals surface area contributed by atoms with Crippen molar-refractivity contribution in [3.63, 3.8) is 0 Å². The molecule has 2 amide bonds. The van der Waals surface area contributed by atoms with Gasteiger partial charge in [-0.3, -0.25) is 14.5 Å². The van der Waals surface area contributed by atoms with Crippen LogP contribution in [0.4, 0.5) is 5.82 Å². The molecule has 1 aromatic heterocycles. The second kappa shape index (κ2) is 12.9. The highest BCUT2D eigenvalue weighted by atomic mass is 35.5. The highest BCUT2D eigenvalue weighted by Gasteiger charge is 2.30. The van der Waals surface area contributed by atoms with E-state index in [4.69, 9.17) is 27.9 Å². The van der Waals surface area contributed by atoms with Gasteiger partial charge in [0.05, 0.1) is 29.6 Å². The minimum absolute atomic E-state index is 0.0513. The molecule has 194 valence electrons. The van der Waals surface area contributed by atoms with E-state index in [1.807, 2.05) is 24.0 Å². The van der Waals surface area contributed by atoms with Crippen LogP contribution in [0.1, 0.15) is 17.3 Å². The van der Waals surface area contributed by atoms with Crippen LogP contribution in [-0.2, 0) is 9.53 Å². The van der Waals surface area contributed by atoms with Crippen molar-refractivity contribution in [1.29, 1.82) is 0 Å². The van der Waals surface area contributed by atoms with Crippen molar-refractivity contribution in [2.24, 2.45) is 0 Å².